The average molecular weight is 392 g/mol. The Balaban J connectivity index is 2.27. The molecule has 0 spiro atoms. The van der Waals surface area contributed by atoms with Crippen LogP contribution in [-0.4, -0.2) is 72.9 Å². The number of carbonyl (C=O) groups excluding carboxylic acids is 3. The van der Waals surface area contributed by atoms with Crippen LogP contribution in [0.15, 0.2) is 0 Å². The van der Waals surface area contributed by atoms with E-state index in [9.17, 15) is 14.4 Å². The van der Waals surface area contributed by atoms with E-state index in [0.717, 1.165) is 25.7 Å². The van der Waals surface area contributed by atoms with Crippen LogP contribution in [0.4, 0.5) is 0 Å². The van der Waals surface area contributed by atoms with Crippen LogP contribution in [0.3, 0.4) is 0 Å². The van der Waals surface area contributed by atoms with Gasteiger partial charge in [0, 0.05) is 37.3 Å². The summed E-state index contributed by atoms with van der Waals surface area (Å²) in [6.45, 7) is 4.83. The van der Waals surface area contributed by atoms with E-state index in [1.165, 1.54) is 7.11 Å². The van der Waals surface area contributed by atoms with E-state index in [0.29, 0.717) is 35.6 Å². The van der Waals surface area contributed by atoms with Crippen LogP contribution < -0.4 is 0 Å². The van der Waals surface area contributed by atoms with Crippen molar-refractivity contribution in [3.63, 3.8) is 0 Å². The van der Waals surface area contributed by atoms with Gasteiger partial charge in [-0.2, -0.15) is 0 Å². The number of Topliss-reactive ketones (excluding diaryl/α,β-unsaturated/α-hetero) is 1. The monoisotopic (exact) mass is 391 g/mol. The Hall–Kier alpha value is -2.15. The fourth-order valence-corrected chi connectivity index (χ4v) is 4.05. The molecule has 0 atom stereocenters. The molecule has 7 nitrogen and oxygen atoms in total. The molecule has 0 unspecified atom stereocenters. The molecule has 1 amide bonds. The number of amides is 1. The summed E-state index contributed by atoms with van der Waals surface area (Å²) in [5.74, 6) is -0.495. The third kappa shape index (κ3) is 4.63. The fraction of sp³-hybridized carbons (Fsp3) is 0.667. The smallest absolute Gasteiger partial charge is 0.354 e. The van der Waals surface area contributed by atoms with Crippen molar-refractivity contribution in [1.82, 2.24) is 14.4 Å². The number of rotatable bonds is 8. The maximum Gasteiger partial charge on any atom is 0.354 e. The number of esters is 1. The molecule has 1 saturated carbocycles. The number of hydrogen-bond acceptors (Lipinski definition) is 5. The molecular formula is C21H33N3O4. The molecule has 2 rings (SSSR count). The summed E-state index contributed by atoms with van der Waals surface area (Å²) in [4.78, 5) is 42.0. The highest BCUT2D eigenvalue weighted by Gasteiger charge is 2.31. The highest BCUT2D eigenvalue weighted by atomic mass is 16.5. The summed E-state index contributed by atoms with van der Waals surface area (Å²) in [7, 11) is 6.98. The molecule has 1 aromatic rings. The Kier molecular flexibility index (Phi) is 7.41. The second-order valence-electron chi connectivity index (χ2n) is 7.95. The molecule has 0 N–H and O–H groups in total. The Morgan fingerprint density at radius 1 is 1.11 bits per heavy atom. The van der Waals surface area contributed by atoms with Crippen LogP contribution in [0.25, 0.3) is 0 Å². The fourth-order valence-electron chi connectivity index (χ4n) is 4.05. The van der Waals surface area contributed by atoms with Gasteiger partial charge in [0.2, 0.25) is 5.91 Å². The van der Waals surface area contributed by atoms with Gasteiger partial charge < -0.3 is 19.1 Å². The normalized spacial score (nSPS) is 14.5. The Bertz CT molecular complexity index is 745. The minimum absolute atomic E-state index is 0.0264. The Morgan fingerprint density at radius 2 is 1.71 bits per heavy atom. The van der Waals surface area contributed by atoms with Crippen molar-refractivity contribution in [2.45, 2.75) is 39.5 Å². The molecule has 0 radical (unpaired) electrons. The van der Waals surface area contributed by atoms with Gasteiger partial charge in [-0.05, 0) is 46.3 Å². The van der Waals surface area contributed by atoms with E-state index in [-0.39, 0.29) is 24.2 Å². The summed E-state index contributed by atoms with van der Waals surface area (Å²) >= 11 is 0. The summed E-state index contributed by atoms with van der Waals surface area (Å²) in [5, 5.41) is 0. The lowest BCUT2D eigenvalue weighted by Gasteiger charge is -2.26. The molecule has 1 aliphatic carbocycles. The third-order valence-corrected chi connectivity index (χ3v) is 5.76. The SMILES string of the molecule is COC(=O)c1c(C)c(C(=O)CN(CCN(C)C)C(=O)C2CCCC2)c(C)n1C. The van der Waals surface area contributed by atoms with Crippen LogP contribution in [0.2, 0.25) is 0 Å². The topological polar surface area (TPSA) is 71.9 Å². The lowest BCUT2D eigenvalue weighted by atomic mass is 10.0. The molecule has 0 aliphatic heterocycles. The quantitative estimate of drug-likeness (QED) is 0.502. The van der Waals surface area contributed by atoms with Crippen molar-refractivity contribution in [3.8, 4) is 0 Å². The Labute approximate surface area is 167 Å². The number of ether oxygens (including phenoxy) is 1. The maximum absolute atomic E-state index is 13.2. The van der Waals surface area contributed by atoms with E-state index >= 15 is 0 Å². The van der Waals surface area contributed by atoms with Gasteiger partial charge >= 0.3 is 5.97 Å². The zero-order valence-electron chi connectivity index (χ0n) is 18.0. The number of carbonyl (C=O) groups is 3. The van der Waals surface area contributed by atoms with Crippen molar-refractivity contribution in [2.24, 2.45) is 13.0 Å². The van der Waals surface area contributed by atoms with Crippen molar-refractivity contribution in [2.75, 3.05) is 40.8 Å². The number of aromatic nitrogens is 1. The predicted octanol–water partition coefficient (Wildman–Crippen LogP) is 2.19. The molecule has 0 saturated heterocycles. The number of ketones is 1. The average Bonchev–Trinajstić information content (AvgIpc) is 3.25. The minimum atomic E-state index is -0.464. The van der Waals surface area contributed by atoms with Crippen LogP contribution in [0, 0.1) is 19.8 Å². The highest BCUT2D eigenvalue weighted by Crippen LogP contribution is 2.27. The predicted molar refractivity (Wildman–Crippen MR) is 108 cm³/mol. The molecule has 0 bridgehead atoms. The largest absolute Gasteiger partial charge is 0.464 e. The molecular weight excluding hydrogens is 358 g/mol. The molecule has 28 heavy (non-hydrogen) atoms. The van der Waals surface area contributed by atoms with Crippen molar-refractivity contribution in [1.29, 1.82) is 0 Å². The van der Waals surface area contributed by atoms with Gasteiger partial charge in [-0.1, -0.05) is 12.8 Å². The lowest BCUT2D eigenvalue weighted by Crippen LogP contribution is -2.42. The van der Waals surface area contributed by atoms with Crippen molar-refractivity contribution in [3.05, 3.63) is 22.5 Å². The third-order valence-electron chi connectivity index (χ3n) is 5.76. The van der Waals surface area contributed by atoms with Gasteiger partial charge in [0.15, 0.2) is 5.78 Å². The number of nitrogens with zero attached hydrogens (tertiary/aromatic N) is 3. The first-order chi connectivity index (χ1) is 13.2. The van der Waals surface area contributed by atoms with E-state index in [2.05, 4.69) is 0 Å². The summed E-state index contributed by atoms with van der Waals surface area (Å²) in [5.41, 5.74) is 2.21. The van der Waals surface area contributed by atoms with Gasteiger partial charge in [0.25, 0.3) is 0 Å². The van der Waals surface area contributed by atoms with Crippen molar-refractivity contribution < 1.29 is 19.1 Å². The summed E-state index contributed by atoms with van der Waals surface area (Å²) in [6, 6.07) is 0. The van der Waals surface area contributed by atoms with Crippen molar-refractivity contribution >= 4 is 17.7 Å². The minimum Gasteiger partial charge on any atom is -0.464 e. The van der Waals surface area contributed by atoms with Gasteiger partial charge in [-0.25, -0.2) is 4.79 Å². The molecule has 1 heterocycles. The number of hydrogen-bond donors (Lipinski definition) is 0. The second-order valence-corrected chi connectivity index (χ2v) is 7.95. The summed E-state index contributed by atoms with van der Waals surface area (Å²) < 4.78 is 6.55. The maximum atomic E-state index is 13.2. The number of methoxy groups -OCH3 is 1. The zero-order valence-corrected chi connectivity index (χ0v) is 18.0. The van der Waals surface area contributed by atoms with E-state index in [1.807, 2.05) is 25.9 Å². The first kappa shape index (κ1) is 22.1. The first-order valence-electron chi connectivity index (χ1n) is 9.89. The van der Waals surface area contributed by atoms with Gasteiger partial charge in [0.1, 0.15) is 5.69 Å². The molecule has 1 aliphatic rings. The highest BCUT2D eigenvalue weighted by molar-refractivity contribution is 6.04. The standard InChI is InChI=1S/C21H33N3O4/c1-14-18(15(2)23(5)19(14)21(27)28-6)17(25)13-24(12-11-22(3)4)20(26)16-9-7-8-10-16/h16H,7-13H2,1-6H3. The van der Waals surface area contributed by atoms with E-state index in [1.54, 1.807) is 23.4 Å². The van der Waals surface area contributed by atoms with Gasteiger partial charge in [-0.15, -0.1) is 0 Å². The molecule has 0 aromatic carbocycles. The molecule has 1 fully saturated rings. The zero-order chi connectivity index (χ0) is 21.0. The van der Waals surface area contributed by atoms with E-state index in [4.69, 9.17) is 4.74 Å². The van der Waals surface area contributed by atoms with Gasteiger partial charge in [0.05, 0.1) is 13.7 Å². The van der Waals surface area contributed by atoms with Crippen LogP contribution in [0.5, 0.6) is 0 Å². The van der Waals surface area contributed by atoms with E-state index < -0.39 is 5.97 Å². The summed E-state index contributed by atoms with van der Waals surface area (Å²) in [6.07, 6.45) is 3.96. The van der Waals surface area contributed by atoms with Crippen LogP contribution >= 0.6 is 0 Å². The van der Waals surface area contributed by atoms with Crippen LogP contribution in [0.1, 0.15) is 57.8 Å². The van der Waals surface area contributed by atoms with Crippen LogP contribution in [-0.2, 0) is 16.6 Å². The first-order valence-corrected chi connectivity index (χ1v) is 9.89. The lowest BCUT2D eigenvalue weighted by molar-refractivity contribution is -0.135. The number of likely N-dealkylation sites (N-methyl/N-ethyl adjacent to an activating group) is 1. The molecule has 7 heteroatoms. The molecule has 156 valence electrons. The van der Waals surface area contributed by atoms with Gasteiger partial charge in [-0.3, -0.25) is 9.59 Å². The molecule has 1 aromatic heterocycles. The second kappa shape index (κ2) is 9.37. The Morgan fingerprint density at radius 3 is 2.25 bits per heavy atom.